The van der Waals surface area contributed by atoms with Gasteiger partial charge in [0.1, 0.15) is 22.5 Å². The number of nitrogens with zero attached hydrogens (tertiary/aromatic N) is 2. The Hall–Kier alpha value is -0.214. The predicted octanol–water partition coefficient (Wildman–Crippen LogP) is 6.63. The minimum atomic E-state index is -3.29. The van der Waals surface area contributed by atoms with Crippen LogP contribution in [0.3, 0.4) is 0 Å². The first kappa shape index (κ1) is 25.8. The second-order valence-corrected chi connectivity index (χ2v) is 27.5. The molecule has 0 aliphatic carbocycles. The molecule has 0 unspecified atom stereocenters. The van der Waals surface area contributed by atoms with Gasteiger partial charge in [0.05, 0.1) is 0 Å². The minimum Gasteiger partial charge on any atom is 0 e. The predicted molar refractivity (Wildman–Crippen MR) is 110 cm³/mol. The quantitative estimate of drug-likeness (QED) is 0.233. The Bertz CT molecular complexity index is 939. The Morgan fingerprint density at radius 3 is 1.25 bits per heavy atom. The van der Waals surface area contributed by atoms with E-state index in [1.54, 1.807) is 36.7 Å². The fourth-order valence-electron chi connectivity index (χ4n) is 2.18. The van der Waals surface area contributed by atoms with E-state index in [1.807, 2.05) is 36.4 Å². The van der Waals surface area contributed by atoms with Gasteiger partial charge >= 0.3 is 49.5 Å². The maximum absolute atomic E-state index is 9.31. The molecule has 0 saturated carbocycles. The summed E-state index contributed by atoms with van der Waals surface area (Å²) in [7, 11) is 20.1. The van der Waals surface area contributed by atoms with E-state index in [4.69, 9.17) is 34.1 Å². The molecule has 0 amide bonds. The minimum absolute atomic E-state index is 0. The van der Waals surface area contributed by atoms with Crippen LogP contribution in [-0.2, 0) is 41.7 Å². The topological polar surface area (TPSA) is 66.2 Å². The smallest absolute Gasteiger partial charge is 0 e. The standard InChI is InChI=1S/2C9H7NO.4ClH.2Zr/c2*11-8-5-1-3-7-4-2-6-10-9(7)8;;;;;;/h2*1-6,11H;4*1H;;/q;;;;;;;+4/p-4. The van der Waals surface area contributed by atoms with E-state index in [0.29, 0.717) is 11.0 Å². The van der Waals surface area contributed by atoms with E-state index in [2.05, 4.69) is 9.97 Å². The van der Waals surface area contributed by atoms with E-state index in [0.717, 1.165) is 10.8 Å². The number of benzene rings is 2. The van der Waals surface area contributed by atoms with Crippen molar-refractivity contribution in [3.63, 3.8) is 0 Å². The third kappa shape index (κ3) is 9.07. The zero-order valence-electron chi connectivity index (χ0n) is 14.2. The Labute approximate surface area is 200 Å². The molecule has 28 heavy (non-hydrogen) atoms. The Kier molecular flexibility index (Phi) is 11.5. The molecule has 0 fully saturated rings. The van der Waals surface area contributed by atoms with Crippen LogP contribution in [-0.4, -0.2) is 20.2 Å². The number of rotatable bonds is 0. The fraction of sp³-hybridized carbons (Fsp3) is 0. The van der Waals surface area contributed by atoms with E-state index >= 15 is 0 Å². The SMILES string of the molecule is Oc1cccc2cccnc12.Oc1cccc2cccnc12.[Cl][Zr]([Cl])([Cl])[Cl].[Zr]. The van der Waals surface area contributed by atoms with Crippen molar-refractivity contribution in [3.05, 3.63) is 73.1 Å². The molecule has 10 heteroatoms. The monoisotopic (exact) mass is 610 g/mol. The van der Waals surface area contributed by atoms with Gasteiger partial charge in [0.2, 0.25) is 0 Å². The zero-order chi connectivity index (χ0) is 19.9. The summed E-state index contributed by atoms with van der Waals surface area (Å²) in [5.74, 6) is 0.478. The Balaban J connectivity index is 0.000000222. The second-order valence-electron chi connectivity index (χ2n) is 5.13. The fourth-order valence-corrected chi connectivity index (χ4v) is 2.18. The van der Waals surface area contributed by atoms with Gasteiger partial charge in [0.15, 0.2) is 0 Å². The molecule has 4 rings (SSSR count). The number of fused-ring (bicyclic) bond motifs is 2. The molecular weight excluding hydrogens is 600 g/mol. The number of aromatic hydroxyl groups is 2. The van der Waals surface area contributed by atoms with Gasteiger partial charge in [0.25, 0.3) is 0 Å². The van der Waals surface area contributed by atoms with Gasteiger partial charge in [-0.25, -0.2) is 0 Å². The number of hydrogen-bond donors (Lipinski definition) is 2. The Morgan fingerprint density at radius 1 is 0.607 bits per heavy atom. The third-order valence-corrected chi connectivity index (χ3v) is 3.22. The van der Waals surface area contributed by atoms with E-state index in [9.17, 15) is 10.2 Å². The first-order chi connectivity index (χ1) is 12.8. The van der Waals surface area contributed by atoms with Crippen molar-refractivity contribution in [2.75, 3.05) is 0 Å². The molecule has 2 heterocycles. The van der Waals surface area contributed by atoms with Crippen LogP contribution in [0.2, 0.25) is 0 Å². The summed E-state index contributed by atoms with van der Waals surface area (Å²) in [6.07, 6.45) is 3.34. The summed E-state index contributed by atoms with van der Waals surface area (Å²) in [6.45, 7) is 0. The van der Waals surface area contributed by atoms with Crippen molar-refractivity contribution in [1.29, 1.82) is 0 Å². The van der Waals surface area contributed by atoms with Crippen LogP contribution in [0.5, 0.6) is 11.5 Å². The normalized spacial score (nSPS) is 10.1. The van der Waals surface area contributed by atoms with Gasteiger partial charge in [-0.15, -0.1) is 0 Å². The molecule has 0 radical (unpaired) electrons. The van der Waals surface area contributed by atoms with Crippen LogP contribution in [0.1, 0.15) is 0 Å². The molecule has 144 valence electrons. The van der Waals surface area contributed by atoms with Gasteiger partial charge in [-0.1, -0.05) is 36.4 Å². The average Bonchev–Trinajstić information content (AvgIpc) is 2.62. The van der Waals surface area contributed by atoms with Crippen LogP contribution < -0.4 is 0 Å². The van der Waals surface area contributed by atoms with Crippen LogP contribution in [0, 0.1) is 0 Å². The molecule has 0 atom stereocenters. The number of phenols is 2. The van der Waals surface area contributed by atoms with Crippen molar-refractivity contribution in [1.82, 2.24) is 9.97 Å². The molecule has 4 nitrogen and oxygen atoms in total. The summed E-state index contributed by atoms with van der Waals surface area (Å²) in [5.41, 5.74) is 1.32. The first-order valence-corrected chi connectivity index (χ1v) is 20.2. The van der Waals surface area contributed by atoms with Crippen molar-refractivity contribution < 1.29 is 51.9 Å². The second kappa shape index (κ2) is 12.5. The molecule has 2 N–H and O–H groups in total. The number of halogens is 4. The van der Waals surface area contributed by atoms with Gasteiger partial charge in [-0.2, -0.15) is 0 Å². The largest absolute Gasteiger partial charge is 0 e. The molecule has 0 aliphatic rings. The van der Waals surface area contributed by atoms with Gasteiger partial charge < -0.3 is 10.2 Å². The summed E-state index contributed by atoms with van der Waals surface area (Å²) in [6, 6.07) is 18.3. The molecule has 0 saturated heterocycles. The summed E-state index contributed by atoms with van der Waals surface area (Å²) in [5, 5.41) is 20.5. The van der Waals surface area contributed by atoms with E-state index in [1.165, 1.54) is 0 Å². The van der Waals surface area contributed by atoms with Crippen LogP contribution >= 0.6 is 34.1 Å². The summed E-state index contributed by atoms with van der Waals surface area (Å²) >= 11 is -3.29. The van der Waals surface area contributed by atoms with Crippen LogP contribution in [0.4, 0.5) is 0 Å². The van der Waals surface area contributed by atoms with Crippen molar-refractivity contribution in [2.24, 2.45) is 0 Å². The van der Waals surface area contributed by atoms with Gasteiger partial charge in [0, 0.05) is 49.4 Å². The molecule has 0 bridgehead atoms. The molecule has 2 aromatic heterocycles. The molecular formula is C18H14Cl4N2O2Zr2. The van der Waals surface area contributed by atoms with Gasteiger partial charge in [-0.05, 0) is 24.3 Å². The van der Waals surface area contributed by atoms with Crippen LogP contribution in [0.25, 0.3) is 21.8 Å². The van der Waals surface area contributed by atoms with Crippen molar-refractivity contribution in [3.8, 4) is 11.5 Å². The molecule has 0 spiro atoms. The average molecular weight is 615 g/mol. The van der Waals surface area contributed by atoms with E-state index < -0.39 is 15.5 Å². The molecule has 2 aromatic carbocycles. The van der Waals surface area contributed by atoms with Crippen molar-refractivity contribution >= 4 is 55.9 Å². The number of para-hydroxylation sites is 2. The summed E-state index contributed by atoms with van der Waals surface area (Å²) < 4.78 is 0. The Morgan fingerprint density at radius 2 is 0.929 bits per heavy atom. The number of pyridine rings is 2. The third-order valence-electron chi connectivity index (χ3n) is 3.22. The maximum Gasteiger partial charge on any atom is 0 e. The van der Waals surface area contributed by atoms with Gasteiger partial charge in [-0.3, -0.25) is 9.97 Å². The summed E-state index contributed by atoms with van der Waals surface area (Å²) in [4.78, 5) is 8.06. The maximum atomic E-state index is 9.31. The van der Waals surface area contributed by atoms with Crippen molar-refractivity contribution in [2.45, 2.75) is 0 Å². The zero-order valence-corrected chi connectivity index (χ0v) is 22.2. The van der Waals surface area contributed by atoms with E-state index in [-0.39, 0.29) is 37.7 Å². The first-order valence-electron chi connectivity index (χ1n) is 7.57. The number of phenolic OH excluding ortho intramolecular Hbond substituents is 2. The molecule has 4 aromatic rings. The van der Waals surface area contributed by atoms with Crippen LogP contribution in [0.15, 0.2) is 73.1 Å². The number of aromatic nitrogens is 2. The molecule has 0 aliphatic heterocycles. The number of hydrogen-bond acceptors (Lipinski definition) is 4.